The second-order valence-electron chi connectivity index (χ2n) is 2.97. The van der Waals surface area contributed by atoms with Crippen molar-refractivity contribution in [1.82, 2.24) is 0 Å². The topological polar surface area (TPSA) is 17.1 Å². The van der Waals surface area contributed by atoms with Crippen molar-refractivity contribution >= 4 is 28.6 Å². The maximum Gasteiger partial charge on any atom is 0.221 e. The van der Waals surface area contributed by atoms with Gasteiger partial charge >= 0.3 is 0 Å². The van der Waals surface area contributed by atoms with E-state index < -0.39 is 0 Å². The Bertz CT molecular complexity index is 274. The predicted molar refractivity (Wildman–Crippen MR) is 61.9 cm³/mol. The summed E-state index contributed by atoms with van der Waals surface area (Å²) in [5.41, 5.74) is 0. The second-order valence-corrected chi connectivity index (χ2v) is 4.56. The van der Waals surface area contributed by atoms with E-state index in [0.29, 0.717) is 6.42 Å². The summed E-state index contributed by atoms with van der Waals surface area (Å²) in [7, 11) is 0. The van der Waals surface area contributed by atoms with Crippen LogP contribution in [0.25, 0.3) is 0 Å². The van der Waals surface area contributed by atoms with Gasteiger partial charge in [0.15, 0.2) is 0 Å². The van der Waals surface area contributed by atoms with Crippen LogP contribution in [0.1, 0.15) is 19.3 Å². The van der Waals surface area contributed by atoms with Gasteiger partial charge < -0.3 is 0 Å². The van der Waals surface area contributed by atoms with Gasteiger partial charge in [0.05, 0.1) is 0 Å². The Morgan fingerprint density at radius 3 is 2.57 bits per heavy atom. The van der Waals surface area contributed by atoms with Crippen LogP contribution >= 0.6 is 23.4 Å². The van der Waals surface area contributed by atoms with E-state index in [9.17, 15) is 4.79 Å². The number of thioether (sulfide) groups is 1. The normalized spacial score (nSPS) is 10.1. The fourth-order valence-electron chi connectivity index (χ4n) is 1.07. The van der Waals surface area contributed by atoms with Crippen molar-refractivity contribution in [3.8, 4) is 0 Å². The van der Waals surface area contributed by atoms with Crippen molar-refractivity contribution in [3.63, 3.8) is 0 Å². The lowest BCUT2D eigenvalue weighted by atomic mass is 10.3. The molecule has 3 heteroatoms. The van der Waals surface area contributed by atoms with Crippen LogP contribution in [-0.4, -0.2) is 11.0 Å². The molecule has 0 aliphatic heterocycles. The van der Waals surface area contributed by atoms with Crippen molar-refractivity contribution < 1.29 is 4.79 Å². The Morgan fingerprint density at radius 2 is 1.93 bits per heavy atom. The van der Waals surface area contributed by atoms with E-state index in [1.54, 1.807) is 0 Å². The quantitative estimate of drug-likeness (QED) is 0.420. The number of hydrogen-bond donors (Lipinski definition) is 0. The number of unbranched alkanes of at least 4 members (excludes halogenated alkanes) is 1. The monoisotopic (exact) mass is 228 g/mol. The summed E-state index contributed by atoms with van der Waals surface area (Å²) >= 11 is 7.05. The first-order valence-electron chi connectivity index (χ1n) is 4.65. The molecule has 0 atom stereocenters. The number of halogens is 1. The van der Waals surface area contributed by atoms with Gasteiger partial charge in [-0.1, -0.05) is 18.2 Å². The van der Waals surface area contributed by atoms with Crippen LogP contribution in [0.2, 0.25) is 0 Å². The Hall–Kier alpha value is -0.470. The lowest BCUT2D eigenvalue weighted by molar-refractivity contribution is -0.111. The Labute approximate surface area is 93.8 Å². The Kier molecular flexibility index (Phi) is 5.72. The third-order valence-corrected chi connectivity index (χ3v) is 3.07. The molecule has 0 saturated heterocycles. The third kappa shape index (κ3) is 5.30. The van der Waals surface area contributed by atoms with Gasteiger partial charge in [-0.05, 0) is 42.3 Å². The minimum Gasteiger partial charge on any atom is -0.281 e. The number of hydrogen-bond acceptors (Lipinski definition) is 2. The summed E-state index contributed by atoms with van der Waals surface area (Å²) in [4.78, 5) is 11.7. The molecule has 0 fully saturated rings. The largest absolute Gasteiger partial charge is 0.281 e. The van der Waals surface area contributed by atoms with Crippen molar-refractivity contribution in [1.29, 1.82) is 0 Å². The molecule has 0 spiro atoms. The van der Waals surface area contributed by atoms with Gasteiger partial charge in [0, 0.05) is 11.3 Å². The van der Waals surface area contributed by atoms with Gasteiger partial charge in [0.25, 0.3) is 0 Å². The predicted octanol–water partition coefficient (Wildman–Crippen LogP) is 3.71. The Balaban J connectivity index is 2.08. The molecule has 1 aromatic carbocycles. The Morgan fingerprint density at radius 1 is 1.21 bits per heavy atom. The SMILES string of the molecule is O=C(Cl)CCCCSc1ccccc1. The fraction of sp³-hybridized carbons (Fsp3) is 0.364. The molecule has 14 heavy (non-hydrogen) atoms. The molecule has 0 aliphatic rings. The van der Waals surface area contributed by atoms with E-state index in [1.807, 2.05) is 30.0 Å². The van der Waals surface area contributed by atoms with Crippen LogP contribution in [0.4, 0.5) is 0 Å². The van der Waals surface area contributed by atoms with Gasteiger partial charge in [0.1, 0.15) is 0 Å². The van der Waals surface area contributed by atoms with Gasteiger partial charge in [-0.3, -0.25) is 4.79 Å². The molecule has 0 aliphatic carbocycles. The summed E-state index contributed by atoms with van der Waals surface area (Å²) in [5, 5.41) is -0.227. The molecule has 0 saturated carbocycles. The van der Waals surface area contributed by atoms with Crippen molar-refractivity contribution in [2.24, 2.45) is 0 Å². The number of carbonyl (C=O) groups excluding carboxylic acids is 1. The molecule has 0 bridgehead atoms. The maximum absolute atomic E-state index is 10.4. The molecular weight excluding hydrogens is 216 g/mol. The van der Waals surface area contributed by atoms with E-state index in [0.717, 1.165) is 18.6 Å². The van der Waals surface area contributed by atoms with Crippen molar-refractivity contribution in [2.45, 2.75) is 24.2 Å². The molecule has 76 valence electrons. The first kappa shape index (κ1) is 11.6. The van der Waals surface area contributed by atoms with Crippen LogP contribution in [0.15, 0.2) is 35.2 Å². The smallest absolute Gasteiger partial charge is 0.221 e. The molecule has 0 unspecified atom stereocenters. The maximum atomic E-state index is 10.4. The van der Waals surface area contributed by atoms with Crippen molar-refractivity contribution in [3.05, 3.63) is 30.3 Å². The highest BCUT2D eigenvalue weighted by atomic mass is 35.5. The molecule has 0 heterocycles. The molecular formula is C11H13ClOS. The van der Waals surface area contributed by atoms with Gasteiger partial charge in [-0.25, -0.2) is 0 Å². The molecule has 1 aromatic rings. The van der Waals surface area contributed by atoms with Gasteiger partial charge in [-0.2, -0.15) is 0 Å². The average molecular weight is 229 g/mol. The lowest BCUT2D eigenvalue weighted by Crippen LogP contribution is -1.87. The van der Waals surface area contributed by atoms with Crippen LogP contribution < -0.4 is 0 Å². The zero-order chi connectivity index (χ0) is 10.2. The number of rotatable bonds is 6. The number of benzene rings is 1. The minimum absolute atomic E-state index is 0.227. The van der Waals surface area contributed by atoms with E-state index in [1.165, 1.54) is 4.90 Å². The summed E-state index contributed by atoms with van der Waals surface area (Å²) in [6.45, 7) is 0. The lowest BCUT2D eigenvalue weighted by Gasteiger charge is -1.99. The first-order chi connectivity index (χ1) is 6.79. The highest BCUT2D eigenvalue weighted by Gasteiger charge is 1.96. The number of carbonyl (C=O) groups is 1. The van der Waals surface area contributed by atoms with E-state index in [4.69, 9.17) is 11.6 Å². The van der Waals surface area contributed by atoms with Crippen molar-refractivity contribution in [2.75, 3.05) is 5.75 Å². The molecule has 1 nitrogen and oxygen atoms in total. The first-order valence-corrected chi connectivity index (χ1v) is 6.01. The zero-order valence-electron chi connectivity index (χ0n) is 7.91. The highest BCUT2D eigenvalue weighted by molar-refractivity contribution is 7.99. The van der Waals surface area contributed by atoms with Gasteiger partial charge in [0.2, 0.25) is 5.24 Å². The van der Waals surface area contributed by atoms with E-state index in [2.05, 4.69) is 12.1 Å². The molecule has 0 aromatic heterocycles. The molecule has 0 N–H and O–H groups in total. The van der Waals surface area contributed by atoms with Gasteiger partial charge in [-0.15, -0.1) is 11.8 Å². The molecule has 1 rings (SSSR count). The zero-order valence-corrected chi connectivity index (χ0v) is 9.48. The summed E-state index contributed by atoms with van der Waals surface area (Å²) in [6, 6.07) is 10.3. The fourth-order valence-corrected chi connectivity index (χ4v) is 2.14. The summed E-state index contributed by atoms with van der Waals surface area (Å²) < 4.78 is 0. The van der Waals surface area contributed by atoms with Crippen LogP contribution in [0.3, 0.4) is 0 Å². The van der Waals surface area contributed by atoms with Crippen LogP contribution in [0, 0.1) is 0 Å². The minimum atomic E-state index is -0.227. The second kappa shape index (κ2) is 6.91. The average Bonchev–Trinajstić information content (AvgIpc) is 2.18. The van der Waals surface area contributed by atoms with E-state index >= 15 is 0 Å². The summed E-state index contributed by atoms with van der Waals surface area (Å²) in [5.74, 6) is 1.05. The van der Waals surface area contributed by atoms with Crippen LogP contribution in [0.5, 0.6) is 0 Å². The van der Waals surface area contributed by atoms with E-state index in [-0.39, 0.29) is 5.24 Å². The highest BCUT2D eigenvalue weighted by Crippen LogP contribution is 2.18. The summed E-state index contributed by atoms with van der Waals surface area (Å²) in [6.07, 6.45) is 2.43. The standard InChI is InChI=1S/C11H13ClOS/c12-11(13)8-4-5-9-14-10-6-2-1-3-7-10/h1-3,6-7H,4-5,8-9H2. The molecule has 0 radical (unpaired) electrons. The van der Waals surface area contributed by atoms with Crippen LogP contribution in [-0.2, 0) is 4.79 Å². The molecule has 0 amide bonds. The third-order valence-electron chi connectivity index (χ3n) is 1.78.